The Morgan fingerprint density at radius 2 is 2.05 bits per heavy atom. The number of aromatic nitrogens is 4. The SMILES string of the molecule is Cc1ccn(CCN2CCC(C(O)c3nccn3C)CC2)n1. The van der Waals surface area contributed by atoms with Gasteiger partial charge in [-0.3, -0.25) is 4.68 Å². The molecule has 120 valence electrons. The molecule has 1 N–H and O–H groups in total. The monoisotopic (exact) mass is 303 g/mol. The van der Waals surface area contributed by atoms with Gasteiger partial charge in [0.2, 0.25) is 0 Å². The third-order valence-electron chi connectivity index (χ3n) is 4.62. The number of likely N-dealkylation sites (tertiary alicyclic amines) is 1. The van der Waals surface area contributed by atoms with Crippen LogP contribution in [0, 0.1) is 12.8 Å². The van der Waals surface area contributed by atoms with E-state index in [1.807, 2.05) is 41.7 Å². The van der Waals surface area contributed by atoms with Crippen molar-refractivity contribution in [1.29, 1.82) is 0 Å². The Hall–Kier alpha value is -1.66. The maximum atomic E-state index is 10.5. The predicted molar refractivity (Wildman–Crippen MR) is 84.3 cm³/mol. The number of hydrogen-bond donors (Lipinski definition) is 1. The van der Waals surface area contributed by atoms with Crippen LogP contribution >= 0.6 is 0 Å². The van der Waals surface area contributed by atoms with Gasteiger partial charge in [-0.2, -0.15) is 5.10 Å². The van der Waals surface area contributed by atoms with E-state index in [1.165, 1.54) is 0 Å². The maximum Gasteiger partial charge on any atom is 0.137 e. The first-order chi connectivity index (χ1) is 10.6. The van der Waals surface area contributed by atoms with Gasteiger partial charge in [0, 0.05) is 32.2 Å². The second kappa shape index (κ2) is 6.62. The molecular formula is C16H25N5O. The van der Waals surface area contributed by atoms with Crippen molar-refractivity contribution in [2.45, 2.75) is 32.4 Å². The number of hydrogen-bond acceptors (Lipinski definition) is 4. The molecule has 1 unspecified atom stereocenters. The van der Waals surface area contributed by atoms with Gasteiger partial charge in [0.1, 0.15) is 11.9 Å². The van der Waals surface area contributed by atoms with Crippen molar-refractivity contribution in [2.24, 2.45) is 13.0 Å². The van der Waals surface area contributed by atoms with Gasteiger partial charge < -0.3 is 14.6 Å². The molecule has 6 heteroatoms. The molecule has 1 atom stereocenters. The number of aliphatic hydroxyl groups is 1. The Morgan fingerprint density at radius 1 is 1.27 bits per heavy atom. The molecule has 0 saturated carbocycles. The molecule has 3 heterocycles. The lowest BCUT2D eigenvalue weighted by molar-refractivity contribution is 0.0501. The summed E-state index contributed by atoms with van der Waals surface area (Å²) < 4.78 is 3.92. The third kappa shape index (κ3) is 3.39. The summed E-state index contributed by atoms with van der Waals surface area (Å²) in [6.45, 7) is 6.03. The van der Waals surface area contributed by atoms with Gasteiger partial charge in [0.05, 0.1) is 12.2 Å². The highest BCUT2D eigenvalue weighted by molar-refractivity contribution is 4.98. The molecule has 2 aromatic heterocycles. The second-order valence-electron chi connectivity index (χ2n) is 6.24. The molecule has 1 aliphatic heterocycles. The highest BCUT2D eigenvalue weighted by Gasteiger charge is 2.28. The number of aliphatic hydroxyl groups excluding tert-OH is 1. The van der Waals surface area contributed by atoms with Crippen LogP contribution in [-0.4, -0.2) is 49.0 Å². The van der Waals surface area contributed by atoms with Gasteiger partial charge in [-0.05, 0) is 44.8 Å². The van der Waals surface area contributed by atoms with Crippen molar-refractivity contribution in [3.8, 4) is 0 Å². The van der Waals surface area contributed by atoms with Crippen molar-refractivity contribution < 1.29 is 5.11 Å². The topological polar surface area (TPSA) is 59.1 Å². The first kappa shape index (κ1) is 15.2. The van der Waals surface area contributed by atoms with Crippen LogP contribution in [0.15, 0.2) is 24.7 Å². The zero-order valence-electron chi connectivity index (χ0n) is 13.4. The zero-order valence-corrected chi connectivity index (χ0v) is 13.4. The van der Waals surface area contributed by atoms with Gasteiger partial charge in [0.15, 0.2) is 0 Å². The van der Waals surface area contributed by atoms with E-state index < -0.39 is 6.10 Å². The summed E-state index contributed by atoms with van der Waals surface area (Å²) in [7, 11) is 1.94. The summed E-state index contributed by atoms with van der Waals surface area (Å²) in [4.78, 5) is 6.73. The molecule has 0 radical (unpaired) electrons. The van der Waals surface area contributed by atoms with Gasteiger partial charge in [-0.1, -0.05) is 0 Å². The first-order valence-electron chi connectivity index (χ1n) is 8.01. The fraction of sp³-hybridized carbons (Fsp3) is 0.625. The summed E-state index contributed by atoms with van der Waals surface area (Å²) in [5.74, 6) is 1.09. The number of aryl methyl sites for hydroxylation is 2. The van der Waals surface area contributed by atoms with E-state index in [0.29, 0.717) is 5.92 Å². The van der Waals surface area contributed by atoms with Crippen LogP contribution in [0.2, 0.25) is 0 Å². The van der Waals surface area contributed by atoms with Crippen molar-refractivity contribution in [3.05, 3.63) is 36.2 Å². The Balaban J connectivity index is 1.47. The van der Waals surface area contributed by atoms with Crippen molar-refractivity contribution >= 4 is 0 Å². The van der Waals surface area contributed by atoms with E-state index in [-0.39, 0.29) is 0 Å². The Morgan fingerprint density at radius 3 is 2.64 bits per heavy atom. The van der Waals surface area contributed by atoms with Crippen molar-refractivity contribution in [2.75, 3.05) is 19.6 Å². The van der Waals surface area contributed by atoms with E-state index in [0.717, 1.165) is 50.5 Å². The number of imidazole rings is 1. The Kier molecular flexibility index (Phi) is 4.59. The van der Waals surface area contributed by atoms with E-state index in [2.05, 4.69) is 15.0 Å². The molecule has 0 amide bonds. The standard InChI is InChI=1S/C16H25N5O/c1-13-3-9-21(18-13)12-11-20-7-4-14(5-8-20)15(22)16-17-6-10-19(16)2/h3,6,9-10,14-15,22H,4-5,7-8,11-12H2,1-2H3. The normalized spacial score (nSPS) is 18.7. The maximum absolute atomic E-state index is 10.5. The minimum Gasteiger partial charge on any atom is -0.385 e. The Labute approximate surface area is 131 Å². The van der Waals surface area contributed by atoms with Crippen molar-refractivity contribution in [1.82, 2.24) is 24.2 Å². The molecular weight excluding hydrogens is 278 g/mol. The van der Waals surface area contributed by atoms with E-state index in [9.17, 15) is 5.11 Å². The van der Waals surface area contributed by atoms with E-state index in [4.69, 9.17) is 0 Å². The summed E-state index contributed by atoms with van der Waals surface area (Å²) in [6, 6.07) is 2.04. The minimum absolute atomic E-state index is 0.310. The minimum atomic E-state index is -0.448. The highest BCUT2D eigenvalue weighted by atomic mass is 16.3. The molecule has 0 aliphatic carbocycles. The molecule has 6 nitrogen and oxygen atoms in total. The zero-order chi connectivity index (χ0) is 15.5. The predicted octanol–water partition coefficient (Wildman–Crippen LogP) is 1.37. The number of rotatable bonds is 5. The third-order valence-corrected chi connectivity index (χ3v) is 4.62. The van der Waals surface area contributed by atoms with Crippen LogP contribution in [0.3, 0.4) is 0 Å². The highest BCUT2D eigenvalue weighted by Crippen LogP contribution is 2.29. The van der Waals surface area contributed by atoms with Gasteiger partial charge in [0.25, 0.3) is 0 Å². The Bertz CT molecular complexity index is 597. The van der Waals surface area contributed by atoms with Crippen LogP contribution in [0.5, 0.6) is 0 Å². The largest absolute Gasteiger partial charge is 0.385 e. The molecule has 2 aromatic rings. The quantitative estimate of drug-likeness (QED) is 0.906. The molecule has 3 rings (SSSR count). The van der Waals surface area contributed by atoms with E-state index in [1.54, 1.807) is 6.20 Å². The second-order valence-corrected chi connectivity index (χ2v) is 6.24. The lowest BCUT2D eigenvalue weighted by Gasteiger charge is -2.33. The molecule has 1 saturated heterocycles. The van der Waals surface area contributed by atoms with Crippen LogP contribution < -0.4 is 0 Å². The fourth-order valence-corrected chi connectivity index (χ4v) is 3.20. The average molecular weight is 303 g/mol. The first-order valence-corrected chi connectivity index (χ1v) is 8.01. The van der Waals surface area contributed by atoms with Crippen LogP contribution in [-0.2, 0) is 13.6 Å². The summed E-state index contributed by atoms with van der Waals surface area (Å²) in [6.07, 6.45) is 7.26. The summed E-state index contributed by atoms with van der Waals surface area (Å²) in [5.41, 5.74) is 1.07. The number of nitrogens with zero attached hydrogens (tertiary/aromatic N) is 5. The van der Waals surface area contributed by atoms with Gasteiger partial charge >= 0.3 is 0 Å². The molecule has 0 bridgehead atoms. The smallest absolute Gasteiger partial charge is 0.137 e. The molecule has 0 spiro atoms. The summed E-state index contributed by atoms with van der Waals surface area (Å²) in [5, 5.41) is 14.9. The van der Waals surface area contributed by atoms with Crippen molar-refractivity contribution in [3.63, 3.8) is 0 Å². The van der Waals surface area contributed by atoms with Gasteiger partial charge in [-0.25, -0.2) is 4.98 Å². The lowest BCUT2D eigenvalue weighted by atomic mass is 9.91. The average Bonchev–Trinajstić information content (AvgIpc) is 3.13. The fourth-order valence-electron chi connectivity index (χ4n) is 3.20. The van der Waals surface area contributed by atoms with Crippen LogP contribution in [0.25, 0.3) is 0 Å². The van der Waals surface area contributed by atoms with Crippen LogP contribution in [0.1, 0.15) is 30.5 Å². The van der Waals surface area contributed by atoms with Gasteiger partial charge in [-0.15, -0.1) is 0 Å². The van der Waals surface area contributed by atoms with E-state index >= 15 is 0 Å². The molecule has 1 aliphatic rings. The van der Waals surface area contributed by atoms with Crippen LogP contribution in [0.4, 0.5) is 0 Å². The molecule has 22 heavy (non-hydrogen) atoms. The molecule has 0 aromatic carbocycles. The summed E-state index contributed by atoms with van der Waals surface area (Å²) >= 11 is 0. The lowest BCUT2D eigenvalue weighted by Crippen LogP contribution is -2.37. The number of piperidine rings is 1. The molecule has 1 fully saturated rings.